The molecule has 1 aliphatic carbocycles. The van der Waals surface area contributed by atoms with Gasteiger partial charge in [-0.3, -0.25) is 0 Å². The number of halogens is 1. The molecule has 0 amide bonds. The standard InChI is InChI=1S/C9H13ClN4/c1-9(3-2-4-9)14-7-6(10)5-12-8(11)13-7/h5H,2-4H2,1H3,(H3,11,12,13,14). The third-order valence-corrected chi connectivity index (χ3v) is 2.92. The molecule has 1 aliphatic rings. The molecule has 5 heteroatoms. The monoisotopic (exact) mass is 212 g/mol. The van der Waals surface area contributed by atoms with E-state index in [4.69, 9.17) is 17.3 Å². The predicted molar refractivity (Wildman–Crippen MR) is 57.3 cm³/mol. The van der Waals surface area contributed by atoms with Gasteiger partial charge in [-0.1, -0.05) is 11.6 Å². The summed E-state index contributed by atoms with van der Waals surface area (Å²) in [4.78, 5) is 7.87. The van der Waals surface area contributed by atoms with Crippen LogP contribution in [0.3, 0.4) is 0 Å². The highest BCUT2D eigenvalue weighted by Gasteiger charge is 2.32. The molecule has 1 aromatic rings. The van der Waals surface area contributed by atoms with E-state index >= 15 is 0 Å². The number of nitrogens with one attached hydrogen (secondary N) is 1. The van der Waals surface area contributed by atoms with Crippen molar-refractivity contribution in [2.75, 3.05) is 11.1 Å². The minimum absolute atomic E-state index is 0.129. The lowest BCUT2D eigenvalue weighted by Crippen LogP contribution is -2.42. The van der Waals surface area contributed by atoms with Gasteiger partial charge in [0.25, 0.3) is 0 Å². The summed E-state index contributed by atoms with van der Waals surface area (Å²) in [5, 5.41) is 3.82. The second-order valence-corrected chi connectivity index (χ2v) is 4.37. The Morgan fingerprint density at radius 2 is 2.29 bits per heavy atom. The number of hydrogen-bond donors (Lipinski definition) is 2. The lowest BCUT2D eigenvalue weighted by Gasteiger charge is -2.39. The average Bonchev–Trinajstić information content (AvgIpc) is 2.09. The van der Waals surface area contributed by atoms with Crippen molar-refractivity contribution in [3.8, 4) is 0 Å². The zero-order valence-corrected chi connectivity index (χ0v) is 8.80. The lowest BCUT2D eigenvalue weighted by molar-refractivity contribution is 0.306. The van der Waals surface area contributed by atoms with Crippen LogP contribution < -0.4 is 11.1 Å². The fourth-order valence-electron chi connectivity index (χ4n) is 1.59. The SMILES string of the molecule is CC1(Nc2nc(N)ncc2Cl)CCC1. The van der Waals surface area contributed by atoms with Crippen LogP contribution in [0.15, 0.2) is 6.20 Å². The van der Waals surface area contributed by atoms with Crippen LogP contribution >= 0.6 is 11.6 Å². The van der Waals surface area contributed by atoms with E-state index in [-0.39, 0.29) is 11.5 Å². The van der Waals surface area contributed by atoms with Gasteiger partial charge in [-0.2, -0.15) is 4.98 Å². The number of nitrogens with two attached hydrogens (primary N) is 1. The van der Waals surface area contributed by atoms with Crippen LogP contribution in [0.25, 0.3) is 0 Å². The molecule has 2 rings (SSSR count). The van der Waals surface area contributed by atoms with Crippen LogP contribution in [0.1, 0.15) is 26.2 Å². The van der Waals surface area contributed by atoms with Crippen molar-refractivity contribution in [2.24, 2.45) is 0 Å². The summed E-state index contributed by atoms with van der Waals surface area (Å²) in [6.07, 6.45) is 5.07. The van der Waals surface area contributed by atoms with E-state index in [1.165, 1.54) is 12.6 Å². The molecule has 0 saturated heterocycles. The van der Waals surface area contributed by atoms with E-state index in [1.807, 2.05) is 0 Å². The number of anilines is 2. The van der Waals surface area contributed by atoms with Gasteiger partial charge in [0.1, 0.15) is 5.02 Å². The van der Waals surface area contributed by atoms with Gasteiger partial charge >= 0.3 is 0 Å². The summed E-state index contributed by atoms with van der Waals surface area (Å²) in [5.74, 6) is 0.890. The summed E-state index contributed by atoms with van der Waals surface area (Å²) >= 11 is 5.94. The Bertz CT molecular complexity index is 349. The maximum Gasteiger partial charge on any atom is 0.222 e. The fraction of sp³-hybridized carbons (Fsp3) is 0.556. The minimum atomic E-state index is 0.129. The Balaban J connectivity index is 2.19. The molecule has 3 N–H and O–H groups in total. The first-order valence-electron chi connectivity index (χ1n) is 4.65. The van der Waals surface area contributed by atoms with Gasteiger partial charge in [-0.15, -0.1) is 0 Å². The van der Waals surface area contributed by atoms with Crippen molar-refractivity contribution in [1.29, 1.82) is 0 Å². The number of aromatic nitrogens is 2. The van der Waals surface area contributed by atoms with Crippen molar-refractivity contribution in [2.45, 2.75) is 31.7 Å². The van der Waals surface area contributed by atoms with Gasteiger partial charge in [0.2, 0.25) is 5.95 Å². The Labute approximate surface area is 87.9 Å². The molecule has 4 nitrogen and oxygen atoms in total. The van der Waals surface area contributed by atoms with Crippen molar-refractivity contribution in [3.05, 3.63) is 11.2 Å². The van der Waals surface area contributed by atoms with E-state index in [2.05, 4.69) is 22.2 Å². The van der Waals surface area contributed by atoms with Gasteiger partial charge in [0.05, 0.1) is 6.20 Å². The van der Waals surface area contributed by atoms with Crippen molar-refractivity contribution < 1.29 is 0 Å². The van der Waals surface area contributed by atoms with Gasteiger partial charge in [-0.25, -0.2) is 4.98 Å². The fourth-order valence-corrected chi connectivity index (χ4v) is 1.72. The molecule has 0 radical (unpaired) electrons. The summed E-state index contributed by atoms with van der Waals surface area (Å²) in [5.41, 5.74) is 5.61. The second-order valence-electron chi connectivity index (χ2n) is 3.96. The zero-order valence-electron chi connectivity index (χ0n) is 8.05. The van der Waals surface area contributed by atoms with Crippen molar-refractivity contribution in [3.63, 3.8) is 0 Å². The van der Waals surface area contributed by atoms with Crippen LogP contribution in [0.5, 0.6) is 0 Å². The third kappa shape index (κ3) is 1.75. The largest absolute Gasteiger partial charge is 0.368 e. The van der Waals surface area contributed by atoms with Crippen molar-refractivity contribution in [1.82, 2.24) is 9.97 Å². The highest BCUT2D eigenvalue weighted by atomic mass is 35.5. The molecule has 0 aliphatic heterocycles. The zero-order chi connectivity index (χ0) is 10.2. The molecule has 1 aromatic heterocycles. The molecule has 0 atom stereocenters. The molecule has 0 aromatic carbocycles. The van der Waals surface area contributed by atoms with Crippen LogP contribution in [-0.4, -0.2) is 15.5 Å². The Hall–Kier alpha value is -1.03. The molecule has 76 valence electrons. The first kappa shape index (κ1) is 9.52. The highest BCUT2D eigenvalue weighted by Crippen LogP contribution is 2.35. The van der Waals surface area contributed by atoms with Crippen LogP contribution in [0.2, 0.25) is 5.02 Å². The predicted octanol–water partition coefficient (Wildman–Crippen LogP) is 2.07. The molecule has 0 spiro atoms. The lowest BCUT2D eigenvalue weighted by atomic mass is 9.78. The van der Waals surface area contributed by atoms with Gasteiger partial charge in [-0.05, 0) is 26.2 Å². The molecular formula is C9H13ClN4. The topological polar surface area (TPSA) is 63.8 Å². The van der Waals surface area contributed by atoms with E-state index in [9.17, 15) is 0 Å². The van der Waals surface area contributed by atoms with E-state index < -0.39 is 0 Å². The first-order valence-corrected chi connectivity index (χ1v) is 5.03. The summed E-state index contributed by atoms with van der Waals surface area (Å²) in [6, 6.07) is 0. The molecular weight excluding hydrogens is 200 g/mol. The van der Waals surface area contributed by atoms with E-state index in [1.54, 1.807) is 0 Å². The quantitative estimate of drug-likeness (QED) is 0.788. The van der Waals surface area contributed by atoms with Gasteiger partial charge in [0, 0.05) is 5.54 Å². The normalized spacial score (nSPS) is 18.7. The highest BCUT2D eigenvalue weighted by molar-refractivity contribution is 6.32. The average molecular weight is 213 g/mol. The molecule has 1 saturated carbocycles. The molecule has 14 heavy (non-hydrogen) atoms. The second kappa shape index (κ2) is 3.28. The maximum atomic E-state index is 5.94. The number of hydrogen-bond acceptors (Lipinski definition) is 4. The number of rotatable bonds is 2. The summed E-state index contributed by atoms with van der Waals surface area (Å²) in [7, 11) is 0. The molecule has 1 heterocycles. The molecule has 1 fully saturated rings. The first-order chi connectivity index (χ1) is 6.59. The number of nitrogen functional groups attached to an aromatic ring is 1. The van der Waals surface area contributed by atoms with Gasteiger partial charge < -0.3 is 11.1 Å². The summed E-state index contributed by atoms with van der Waals surface area (Å²) < 4.78 is 0. The summed E-state index contributed by atoms with van der Waals surface area (Å²) in [6.45, 7) is 2.16. The van der Waals surface area contributed by atoms with E-state index in [0.29, 0.717) is 10.8 Å². The smallest absolute Gasteiger partial charge is 0.222 e. The van der Waals surface area contributed by atoms with Crippen LogP contribution in [-0.2, 0) is 0 Å². The Kier molecular flexibility index (Phi) is 2.23. The molecule has 0 unspecified atom stereocenters. The third-order valence-electron chi connectivity index (χ3n) is 2.64. The Morgan fingerprint density at radius 3 is 2.86 bits per heavy atom. The Morgan fingerprint density at radius 1 is 1.57 bits per heavy atom. The van der Waals surface area contributed by atoms with Crippen LogP contribution in [0.4, 0.5) is 11.8 Å². The molecule has 0 bridgehead atoms. The van der Waals surface area contributed by atoms with Gasteiger partial charge in [0.15, 0.2) is 5.82 Å². The minimum Gasteiger partial charge on any atom is -0.368 e. The maximum absolute atomic E-state index is 5.94. The van der Waals surface area contributed by atoms with Crippen LogP contribution in [0, 0.1) is 0 Å². The number of nitrogens with zero attached hydrogens (tertiary/aromatic N) is 2. The van der Waals surface area contributed by atoms with E-state index in [0.717, 1.165) is 12.8 Å². The van der Waals surface area contributed by atoms with Crippen molar-refractivity contribution >= 4 is 23.4 Å².